The lowest BCUT2D eigenvalue weighted by Gasteiger charge is -2.14. The first kappa shape index (κ1) is 19.0. The summed E-state index contributed by atoms with van der Waals surface area (Å²) in [5.41, 5.74) is 2.19. The number of nitrogens with zero attached hydrogens (tertiary/aromatic N) is 2. The van der Waals surface area contributed by atoms with Gasteiger partial charge >= 0.3 is 0 Å². The molecule has 1 aromatic carbocycles. The fourth-order valence-corrected chi connectivity index (χ4v) is 3.12. The number of aryl methyl sites for hydroxylation is 2. The van der Waals surface area contributed by atoms with E-state index in [0.29, 0.717) is 13.2 Å². The van der Waals surface area contributed by atoms with Gasteiger partial charge in [0.25, 0.3) is 0 Å². The van der Waals surface area contributed by atoms with Crippen LogP contribution >= 0.6 is 11.3 Å². The maximum atomic E-state index is 5.68. The van der Waals surface area contributed by atoms with Gasteiger partial charge in [0, 0.05) is 43.2 Å². The second-order valence-electron chi connectivity index (χ2n) is 5.55. The van der Waals surface area contributed by atoms with Crippen LogP contribution in [0.1, 0.15) is 22.7 Å². The molecular weight excluding hydrogens is 332 g/mol. The van der Waals surface area contributed by atoms with Crippen LogP contribution in [0.4, 0.5) is 0 Å². The molecule has 0 bridgehead atoms. The summed E-state index contributed by atoms with van der Waals surface area (Å²) in [5, 5.41) is 9.95. The third-order valence-electron chi connectivity index (χ3n) is 3.53. The van der Waals surface area contributed by atoms with E-state index in [9.17, 15) is 0 Å². The Morgan fingerprint density at radius 2 is 2.20 bits per heavy atom. The van der Waals surface area contributed by atoms with E-state index in [1.807, 2.05) is 31.2 Å². The lowest BCUT2D eigenvalue weighted by atomic mass is 10.2. The van der Waals surface area contributed by atoms with Gasteiger partial charge in [0.05, 0.1) is 5.01 Å². The van der Waals surface area contributed by atoms with Crippen molar-refractivity contribution in [2.24, 2.45) is 4.99 Å². The highest BCUT2D eigenvalue weighted by atomic mass is 32.1. The van der Waals surface area contributed by atoms with Gasteiger partial charge in [-0.25, -0.2) is 4.98 Å². The summed E-state index contributed by atoms with van der Waals surface area (Å²) < 4.78 is 5.68. The molecule has 1 heterocycles. The van der Waals surface area contributed by atoms with E-state index >= 15 is 0 Å². The quantitative estimate of drug-likeness (QED) is 0.312. The molecule has 2 N–H and O–H groups in total. The van der Waals surface area contributed by atoms with Gasteiger partial charge in [-0.1, -0.05) is 30.9 Å². The third-order valence-corrected chi connectivity index (χ3v) is 4.55. The molecule has 0 unspecified atom stereocenters. The summed E-state index contributed by atoms with van der Waals surface area (Å²) in [4.78, 5) is 8.75. The summed E-state index contributed by atoms with van der Waals surface area (Å²) in [6, 6.07) is 7.98. The SMILES string of the molecule is C=CCOc1ccccc1CNC(=NC)NCCCc1nc(C)cs1. The van der Waals surface area contributed by atoms with Gasteiger partial charge in [0.15, 0.2) is 5.96 Å². The Kier molecular flexibility index (Phi) is 7.98. The monoisotopic (exact) mass is 358 g/mol. The van der Waals surface area contributed by atoms with Gasteiger partial charge in [-0.2, -0.15) is 0 Å². The first-order valence-corrected chi connectivity index (χ1v) is 9.28. The number of ether oxygens (including phenoxy) is 1. The molecule has 1 aromatic heterocycles. The van der Waals surface area contributed by atoms with Crippen molar-refractivity contribution < 1.29 is 4.74 Å². The van der Waals surface area contributed by atoms with E-state index in [0.717, 1.165) is 42.4 Å². The zero-order valence-electron chi connectivity index (χ0n) is 14.9. The number of aromatic nitrogens is 1. The van der Waals surface area contributed by atoms with Gasteiger partial charge in [-0.05, 0) is 19.4 Å². The van der Waals surface area contributed by atoms with Crippen molar-refractivity contribution in [1.82, 2.24) is 15.6 Å². The fourth-order valence-electron chi connectivity index (χ4n) is 2.30. The summed E-state index contributed by atoms with van der Waals surface area (Å²) in [6.07, 6.45) is 3.75. The molecule has 0 radical (unpaired) electrons. The molecule has 0 spiro atoms. The van der Waals surface area contributed by atoms with Crippen LogP contribution in [0.15, 0.2) is 47.3 Å². The molecule has 0 atom stereocenters. The minimum absolute atomic E-state index is 0.500. The molecule has 0 saturated heterocycles. The fraction of sp³-hybridized carbons (Fsp3) is 0.368. The molecule has 0 aliphatic heterocycles. The molecule has 2 rings (SSSR count). The predicted molar refractivity (Wildman–Crippen MR) is 106 cm³/mol. The maximum absolute atomic E-state index is 5.68. The average Bonchev–Trinajstić information content (AvgIpc) is 3.05. The molecule has 6 heteroatoms. The summed E-state index contributed by atoms with van der Waals surface area (Å²) >= 11 is 1.72. The van der Waals surface area contributed by atoms with Crippen LogP contribution in [0, 0.1) is 6.92 Å². The number of hydrogen-bond acceptors (Lipinski definition) is 4. The Hall–Kier alpha value is -2.34. The van der Waals surface area contributed by atoms with Crippen molar-refractivity contribution in [3.05, 3.63) is 58.6 Å². The molecule has 134 valence electrons. The number of hydrogen-bond donors (Lipinski definition) is 2. The number of nitrogens with one attached hydrogen (secondary N) is 2. The molecule has 0 amide bonds. The smallest absolute Gasteiger partial charge is 0.191 e. The van der Waals surface area contributed by atoms with E-state index in [1.165, 1.54) is 5.01 Å². The van der Waals surface area contributed by atoms with Crippen LogP contribution in [0.25, 0.3) is 0 Å². The number of rotatable bonds is 9. The molecule has 2 aromatic rings. The second kappa shape index (κ2) is 10.5. The normalized spacial score (nSPS) is 11.2. The van der Waals surface area contributed by atoms with Crippen LogP contribution in [-0.4, -0.2) is 31.1 Å². The van der Waals surface area contributed by atoms with E-state index in [4.69, 9.17) is 4.74 Å². The Bertz CT molecular complexity index is 696. The van der Waals surface area contributed by atoms with E-state index in [-0.39, 0.29) is 0 Å². The Morgan fingerprint density at radius 1 is 1.36 bits per heavy atom. The van der Waals surface area contributed by atoms with Gasteiger partial charge in [-0.15, -0.1) is 11.3 Å². The van der Waals surface area contributed by atoms with Crippen LogP contribution in [0.5, 0.6) is 5.75 Å². The number of para-hydroxylation sites is 1. The Morgan fingerprint density at radius 3 is 2.92 bits per heavy atom. The van der Waals surface area contributed by atoms with E-state index < -0.39 is 0 Å². The van der Waals surface area contributed by atoms with Crippen LogP contribution < -0.4 is 15.4 Å². The second-order valence-corrected chi connectivity index (χ2v) is 6.49. The first-order valence-electron chi connectivity index (χ1n) is 8.40. The molecule has 0 aliphatic carbocycles. The largest absolute Gasteiger partial charge is 0.489 e. The zero-order chi connectivity index (χ0) is 17.9. The highest BCUT2D eigenvalue weighted by Crippen LogP contribution is 2.17. The van der Waals surface area contributed by atoms with Crippen molar-refractivity contribution in [2.45, 2.75) is 26.3 Å². The minimum atomic E-state index is 0.500. The standard InChI is InChI=1S/C19H26N4OS/c1-4-12-24-17-9-6-5-8-16(17)13-22-19(20-3)21-11-7-10-18-23-15(2)14-25-18/h4-6,8-9,14H,1,7,10-13H2,2-3H3,(H2,20,21,22). The molecule has 0 fully saturated rings. The lowest BCUT2D eigenvalue weighted by molar-refractivity contribution is 0.358. The molecule has 0 aliphatic rings. The number of guanidine groups is 1. The molecular formula is C19H26N4OS. The molecule has 5 nitrogen and oxygen atoms in total. The number of thiazole rings is 1. The average molecular weight is 359 g/mol. The van der Waals surface area contributed by atoms with Crippen molar-refractivity contribution in [1.29, 1.82) is 0 Å². The summed E-state index contributed by atoms with van der Waals surface area (Å²) in [7, 11) is 1.78. The topological polar surface area (TPSA) is 58.5 Å². The number of benzene rings is 1. The van der Waals surface area contributed by atoms with Crippen LogP contribution in [0.2, 0.25) is 0 Å². The minimum Gasteiger partial charge on any atom is -0.489 e. The molecule has 0 saturated carbocycles. The summed E-state index contributed by atoms with van der Waals surface area (Å²) in [6.45, 7) is 7.72. The van der Waals surface area contributed by atoms with Crippen molar-refractivity contribution >= 4 is 17.3 Å². The van der Waals surface area contributed by atoms with Crippen LogP contribution in [-0.2, 0) is 13.0 Å². The number of aliphatic imine (C=N–C) groups is 1. The summed E-state index contributed by atoms with van der Waals surface area (Å²) in [5.74, 6) is 1.65. The molecule has 25 heavy (non-hydrogen) atoms. The zero-order valence-corrected chi connectivity index (χ0v) is 15.7. The predicted octanol–water partition coefficient (Wildman–Crippen LogP) is 3.31. The van der Waals surface area contributed by atoms with Gasteiger partial charge in [0.2, 0.25) is 0 Å². The van der Waals surface area contributed by atoms with E-state index in [2.05, 4.69) is 32.6 Å². The third kappa shape index (κ3) is 6.58. The Balaban J connectivity index is 1.75. The first-order chi connectivity index (χ1) is 12.2. The van der Waals surface area contributed by atoms with E-state index in [1.54, 1.807) is 24.5 Å². The van der Waals surface area contributed by atoms with Crippen molar-refractivity contribution in [2.75, 3.05) is 20.2 Å². The van der Waals surface area contributed by atoms with Gasteiger partial charge < -0.3 is 15.4 Å². The van der Waals surface area contributed by atoms with Crippen molar-refractivity contribution in [3.63, 3.8) is 0 Å². The van der Waals surface area contributed by atoms with Gasteiger partial charge in [0.1, 0.15) is 12.4 Å². The highest BCUT2D eigenvalue weighted by Gasteiger charge is 2.04. The maximum Gasteiger partial charge on any atom is 0.191 e. The lowest BCUT2D eigenvalue weighted by Crippen LogP contribution is -2.37. The highest BCUT2D eigenvalue weighted by molar-refractivity contribution is 7.09. The van der Waals surface area contributed by atoms with Gasteiger partial charge in [-0.3, -0.25) is 4.99 Å². The Labute approximate surface area is 153 Å². The van der Waals surface area contributed by atoms with Crippen molar-refractivity contribution in [3.8, 4) is 5.75 Å². The van der Waals surface area contributed by atoms with Crippen LogP contribution in [0.3, 0.4) is 0 Å².